The minimum Gasteiger partial charge on any atom is -0.468 e. The first kappa shape index (κ1) is 14.2. The first-order chi connectivity index (χ1) is 9.45. The molecule has 0 bridgehead atoms. The molecule has 0 unspecified atom stereocenters. The van der Waals surface area contributed by atoms with Crippen LogP contribution >= 0.6 is 0 Å². The number of ether oxygens (including phenoxy) is 1. The fourth-order valence-corrected chi connectivity index (χ4v) is 2.36. The highest BCUT2D eigenvalue weighted by Gasteiger charge is 2.45. The third-order valence-corrected chi connectivity index (χ3v) is 3.52. The average Bonchev–Trinajstić information content (AvgIpc) is 2.44. The minimum absolute atomic E-state index is 0.00758. The van der Waals surface area contributed by atoms with Gasteiger partial charge in [-0.15, -0.1) is 0 Å². The van der Waals surface area contributed by atoms with E-state index in [1.807, 2.05) is 0 Å². The summed E-state index contributed by atoms with van der Waals surface area (Å²) in [4.78, 5) is 36.7. The molecule has 1 aromatic carbocycles. The summed E-state index contributed by atoms with van der Waals surface area (Å²) in [6.45, 7) is 0. The monoisotopic (exact) mass is 279 g/mol. The standard InChI is InChI=1S/C14H14FNO4/c1-16-11(17)7-10(8-3-5-9(15)6-4-8)12(13(16)18)14(19)20-2/h3-6,10,12H,7H2,1-2H3/t10-,12+/m0/s1. The van der Waals surface area contributed by atoms with E-state index in [0.717, 1.165) is 4.90 Å². The second-order valence-electron chi connectivity index (χ2n) is 4.65. The number of hydrogen-bond acceptors (Lipinski definition) is 4. The highest BCUT2D eigenvalue weighted by molar-refractivity contribution is 6.08. The van der Waals surface area contributed by atoms with Crippen molar-refractivity contribution in [1.29, 1.82) is 0 Å². The quantitative estimate of drug-likeness (QED) is 0.462. The summed E-state index contributed by atoms with van der Waals surface area (Å²) in [5, 5.41) is 0. The SMILES string of the molecule is COC(=O)[C@H]1C(=O)N(C)C(=O)C[C@H]1c1ccc(F)cc1. The van der Waals surface area contributed by atoms with E-state index in [2.05, 4.69) is 4.74 Å². The van der Waals surface area contributed by atoms with Gasteiger partial charge in [0.1, 0.15) is 11.7 Å². The molecule has 2 atom stereocenters. The topological polar surface area (TPSA) is 63.7 Å². The average molecular weight is 279 g/mol. The molecular formula is C14H14FNO4. The van der Waals surface area contributed by atoms with Crippen molar-refractivity contribution in [3.05, 3.63) is 35.6 Å². The number of rotatable bonds is 2. The van der Waals surface area contributed by atoms with E-state index >= 15 is 0 Å². The maximum Gasteiger partial charge on any atom is 0.318 e. The molecule has 0 aliphatic carbocycles. The number of nitrogens with zero attached hydrogens (tertiary/aromatic N) is 1. The normalized spacial score (nSPS) is 22.9. The summed E-state index contributed by atoms with van der Waals surface area (Å²) in [5.74, 6) is -3.78. The van der Waals surface area contributed by atoms with Crippen molar-refractivity contribution in [2.75, 3.05) is 14.2 Å². The number of piperidine rings is 1. The molecule has 1 heterocycles. The highest BCUT2D eigenvalue weighted by atomic mass is 19.1. The molecule has 6 heteroatoms. The fourth-order valence-electron chi connectivity index (χ4n) is 2.36. The zero-order valence-corrected chi connectivity index (χ0v) is 11.1. The number of methoxy groups -OCH3 is 1. The number of hydrogen-bond donors (Lipinski definition) is 0. The smallest absolute Gasteiger partial charge is 0.318 e. The maximum atomic E-state index is 13.0. The Morgan fingerprint density at radius 1 is 1.30 bits per heavy atom. The van der Waals surface area contributed by atoms with Crippen molar-refractivity contribution >= 4 is 17.8 Å². The van der Waals surface area contributed by atoms with Gasteiger partial charge in [0.15, 0.2) is 0 Å². The number of likely N-dealkylation sites (tertiary alicyclic amines) is 1. The Hall–Kier alpha value is -2.24. The molecule has 1 saturated heterocycles. The van der Waals surface area contributed by atoms with Crippen molar-refractivity contribution in [2.24, 2.45) is 5.92 Å². The van der Waals surface area contributed by atoms with Gasteiger partial charge in [-0.3, -0.25) is 19.3 Å². The molecule has 0 N–H and O–H groups in total. The lowest BCUT2D eigenvalue weighted by Crippen LogP contribution is -2.49. The predicted molar refractivity (Wildman–Crippen MR) is 67.0 cm³/mol. The molecular weight excluding hydrogens is 265 g/mol. The number of carbonyl (C=O) groups is 3. The third-order valence-electron chi connectivity index (χ3n) is 3.52. The molecule has 1 fully saturated rings. The van der Waals surface area contributed by atoms with E-state index in [0.29, 0.717) is 5.56 Å². The molecule has 20 heavy (non-hydrogen) atoms. The van der Waals surface area contributed by atoms with Crippen molar-refractivity contribution in [1.82, 2.24) is 4.90 Å². The number of carbonyl (C=O) groups excluding carboxylic acids is 3. The van der Waals surface area contributed by atoms with Gasteiger partial charge in [0.05, 0.1) is 7.11 Å². The van der Waals surface area contributed by atoms with Crippen LogP contribution in [0.25, 0.3) is 0 Å². The van der Waals surface area contributed by atoms with Crippen LogP contribution in [0, 0.1) is 11.7 Å². The van der Waals surface area contributed by atoms with Crippen LogP contribution in [0.1, 0.15) is 17.9 Å². The van der Waals surface area contributed by atoms with Crippen LogP contribution in [-0.4, -0.2) is 36.8 Å². The van der Waals surface area contributed by atoms with Gasteiger partial charge in [-0.1, -0.05) is 12.1 Å². The molecule has 0 aromatic heterocycles. The first-order valence-electron chi connectivity index (χ1n) is 6.09. The molecule has 1 aliphatic rings. The summed E-state index contributed by atoms with van der Waals surface area (Å²) >= 11 is 0. The Morgan fingerprint density at radius 2 is 1.90 bits per heavy atom. The number of esters is 1. The predicted octanol–water partition coefficient (Wildman–Crippen LogP) is 1.09. The fraction of sp³-hybridized carbons (Fsp3) is 0.357. The van der Waals surface area contributed by atoms with E-state index in [-0.39, 0.29) is 12.3 Å². The number of benzene rings is 1. The van der Waals surface area contributed by atoms with Crippen LogP contribution in [0.2, 0.25) is 0 Å². The Kier molecular flexibility index (Phi) is 3.83. The van der Waals surface area contributed by atoms with Crippen molar-refractivity contribution in [2.45, 2.75) is 12.3 Å². The summed E-state index contributed by atoms with van der Waals surface area (Å²) in [6, 6.07) is 5.41. The number of halogens is 1. The maximum absolute atomic E-state index is 13.0. The Balaban J connectivity index is 2.41. The molecule has 2 amide bonds. The van der Waals surface area contributed by atoms with Gasteiger partial charge in [0.2, 0.25) is 11.8 Å². The molecule has 0 spiro atoms. The summed E-state index contributed by atoms with van der Waals surface area (Å²) in [6.07, 6.45) is 0.00758. The van der Waals surface area contributed by atoms with Gasteiger partial charge in [0, 0.05) is 19.4 Å². The molecule has 1 aliphatic heterocycles. The van der Waals surface area contributed by atoms with E-state index in [4.69, 9.17) is 0 Å². The van der Waals surface area contributed by atoms with Gasteiger partial charge < -0.3 is 4.74 Å². The van der Waals surface area contributed by atoms with Crippen LogP contribution in [0.4, 0.5) is 4.39 Å². The van der Waals surface area contributed by atoms with Gasteiger partial charge in [-0.2, -0.15) is 0 Å². The largest absolute Gasteiger partial charge is 0.468 e. The van der Waals surface area contributed by atoms with Crippen LogP contribution in [0.3, 0.4) is 0 Å². The Bertz CT molecular complexity index is 555. The lowest BCUT2D eigenvalue weighted by molar-refractivity contribution is -0.160. The zero-order valence-electron chi connectivity index (χ0n) is 11.1. The molecule has 106 valence electrons. The Morgan fingerprint density at radius 3 is 2.45 bits per heavy atom. The van der Waals surface area contributed by atoms with E-state index < -0.39 is 29.5 Å². The molecule has 2 rings (SSSR count). The minimum atomic E-state index is -1.08. The van der Waals surface area contributed by atoms with Gasteiger partial charge in [0.25, 0.3) is 0 Å². The first-order valence-corrected chi connectivity index (χ1v) is 6.09. The Labute approximate surface area is 115 Å². The number of imide groups is 1. The second kappa shape index (κ2) is 5.40. The van der Waals surface area contributed by atoms with Gasteiger partial charge in [-0.05, 0) is 17.7 Å². The van der Waals surface area contributed by atoms with Gasteiger partial charge >= 0.3 is 5.97 Å². The lowest BCUT2D eigenvalue weighted by Gasteiger charge is -2.33. The molecule has 0 saturated carbocycles. The van der Waals surface area contributed by atoms with Crippen LogP contribution in [0.15, 0.2) is 24.3 Å². The summed E-state index contributed by atoms with van der Waals surface area (Å²) in [7, 11) is 2.52. The van der Waals surface area contributed by atoms with E-state index in [9.17, 15) is 18.8 Å². The van der Waals surface area contributed by atoms with Crippen molar-refractivity contribution in [3.63, 3.8) is 0 Å². The summed E-state index contributed by atoms with van der Waals surface area (Å²) in [5.41, 5.74) is 0.566. The van der Waals surface area contributed by atoms with E-state index in [1.165, 1.54) is 38.4 Å². The molecule has 5 nitrogen and oxygen atoms in total. The van der Waals surface area contributed by atoms with E-state index in [1.54, 1.807) is 0 Å². The highest BCUT2D eigenvalue weighted by Crippen LogP contribution is 2.34. The molecule has 0 radical (unpaired) electrons. The number of amides is 2. The lowest BCUT2D eigenvalue weighted by atomic mass is 9.79. The van der Waals surface area contributed by atoms with Gasteiger partial charge in [-0.25, -0.2) is 4.39 Å². The van der Waals surface area contributed by atoms with Crippen LogP contribution in [0.5, 0.6) is 0 Å². The van der Waals surface area contributed by atoms with Crippen LogP contribution in [-0.2, 0) is 19.1 Å². The molecule has 1 aromatic rings. The third kappa shape index (κ3) is 2.41. The van der Waals surface area contributed by atoms with Crippen molar-refractivity contribution in [3.8, 4) is 0 Å². The zero-order chi connectivity index (χ0) is 14.9. The van der Waals surface area contributed by atoms with Crippen LogP contribution < -0.4 is 0 Å². The van der Waals surface area contributed by atoms with Crippen molar-refractivity contribution < 1.29 is 23.5 Å². The second-order valence-corrected chi connectivity index (χ2v) is 4.65. The summed E-state index contributed by atoms with van der Waals surface area (Å²) < 4.78 is 17.6.